The predicted octanol–water partition coefficient (Wildman–Crippen LogP) is 0.870. The summed E-state index contributed by atoms with van der Waals surface area (Å²) in [5.41, 5.74) is 0.153. The van der Waals surface area contributed by atoms with Crippen LogP contribution in [0.25, 0.3) is 0 Å². The lowest BCUT2D eigenvalue weighted by molar-refractivity contribution is -0.388. The van der Waals surface area contributed by atoms with Gasteiger partial charge in [-0.3, -0.25) is 0 Å². The predicted molar refractivity (Wildman–Crippen MR) is 50.5 cm³/mol. The third-order valence-corrected chi connectivity index (χ3v) is 1.96. The lowest BCUT2D eigenvalue weighted by atomic mass is 10.4. The highest BCUT2D eigenvalue weighted by Gasteiger charge is 2.26. The second-order valence-electron chi connectivity index (χ2n) is 2.67. The molecule has 1 aromatic heterocycles. The summed E-state index contributed by atoms with van der Waals surface area (Å²) in [6, 6.07) is 0. The highest BCUT2D eigenvalue weighted by molar-refractivity contribution is 5.65. The lowest BCUT2D eigenvalue weighted by Crippen LogP contribution is -2.22. The van der Waals surface area contributed by atoms with Gasteiger partial charge in [-0.25, -0.2) is 0 Å². The van der Waals surface area contributed by atoms with Crippen LogP contribution in [0.1, 0.15) is 13.8 Å². The van der Waals surface area contributed by atoms with E-state index >= 15 is 0 Å². The molecule has 0 bridgehead atoms. The number of hydrogen-bond acceptors (Lipinski definition) is 5. The number of aromatic hydroxyl groups is 1. The maximum Gasteiger partial charge on any atom is 0.417 e. The van der Waals surface area contributed by atoms with Gasteiger partial charge in [-0.15, -0.1) is 5.10 Å². The van der Waals surface area contributed by atoms with E-state index in [2.05, 4.69) is 10.2 Å². The van der Waals surface area contributed by atoms with E-state index in [0.29, 0.717) is 13.1 Å². The van der Waals surface area contributed by atoms with Crippen LogP contribution in [-0.2, 0) is 0 Å². The Morgan fingerprint density at radius 3 is 2.57 bits per heavy atom. The van der Waals surface area contributed by atoms with Crippen molar-refractivity contribution in [2.75, 3.05) is 18.0 Å². The molecule has 1 rings (SSSR count). The summed E-state index contributed by atoms with van der Waals surface area (Å²) in [6.45, 7) is 4.84. The first-order chi connectivity index (χ1) is 6.61. The minimum absolute atomic E-state index is 0.153. The number of aromatic nitrogens is 2. The molecule has 1 heterocycles. The molecule has 0 aliphatic carbocycles. The molecule has 0 radical (unpaired) electrons. The average molecular weight is 200 g/mol. The molecule has 0 unspecified atom stereocenters. The molecule has 0 aromatic carbocycles. The number of H-pyrrole nitrogens is 1. The Kier molecular flexibility index (Phi) is 2.90. The zero-order chi connectivity index (χ0) is 10.7. The maximum atomic E-state index is 10.6. The SMILES string of the molecule is CCN(CC)c1c([N+](=O)[O-])n[nH]c1O. The van der Waals surface area contributed by atoms with Gasteiger partial charge in [0.15, 0.2) is 0 Å². The summed E-state index contributed by atoms with van der Waals surface area (Å²) in [6.07, 6.45) is 0. The van der Waals surface area contributed by atoms with Crippen molar-refractivity contribution >= 4 is 11.5 Å². The smallest absolute Gasteiger partial charge is 0.417 e. The number of rotatable bonds is 4. The molecule has 1 aromatic rings. The van der Waals surface area contributed by atoms with Gasteiger partial charge in [0.2, 0.25) is 5.69 Å². The maximum absolute atomic E-state index is 10.6. The summed E-state index contributed by atoms with van der Waals surface area (Å²) in [5.74, 6) is -0.605. The normalized spacial score (nSPS) is 10.1. The van der Waals surface area contributed by atoms with Gasteiger partial charge in [0.05, 0.1) is 5.10 Å². The van der Waals surface area contributed by atoms with Gasteiger partial charge in [-0.2, -0.15) is 0 Å². The van der Waals surface area contributed by atoms with E-state index in [0.717, 1.165) is 0 Å². The summed E-state index contributed by atoms with van der Waals surface area (Å²) in [4.78, 5) is 11.6. The summed E-state index contributed by atoms with van der Waals surface area (Å²) >= 11 is 0. The number of nitrogens with zero attached hydrogens (tertiary/aromatic N) is 3. The lowest BCUT2D eigenvalue weighted by Gasteiger charge is -2.17. The summed E-state index contributed by atoms with van der Waals surface area (Å²) in [5, 5.41) is 25.5. The molecule has 0 atom stereocenters. The van der Waals surface area contributed by atoms with Gasteiger partial charge in [0.1, 0.15) is 0 Å². The van der Waals surface area contributed by atoms with Gasteiger partial charge in [0, 0.05) is 13.1 Å². The summed E-state index contributed by atoms with van der Waals surface area (Å²) in [7, 11) is 0. The van der Waals surface area contributed by atoms with Crippen molar-refractivity contribution in [3.05, 3.63) is 10.1 Å². The number of aromatic amines is 1. The number of anilines is 1. The fourth-order valence-electron chi connectivity index (χ4n) is 1.28. The molecule has 78 valence electrons. The summed E-state index contributed by atoms with van der Waals surface area (Å²) < 4.78 is 0. The van der Waals surface area contributed by atoms with E-state index in [1.807, 2.05) is 13.8 Å². The van der Waals surface area contributed by atoms with Gasteiger partial charge in [-0.1, -0.05) is 0 Å². The second-order valence-corrected chi connectivity index (χ2v) is 2.67. The first kappa shape index (κ1) is 10.3. The van der Waals surface area contributed by atoms with Crippen LogP contribution < -0.4 is 4.90 Å². The Hall–Kier alpha value is -1.79. The van der Waals surface area contributed by atoms with Crippen molar-refractivity contribution in [2.45, 2.75) is 13.8 Å². The third kappa shape index (κ3) is 1.61. The third-order valence-electron chi connectivity index (χ3n) is 1.96. The van der Waals surface area contributed by atoms with E-state index in [9.17, 15) is 15.2 Å². The minimum atomic E-state index is -0.621. The van der Waals surface area contributed by atoms with Gasteiger partial charge < -0.3 is 20.1 Å². The highest BCUT2D eigenvalue weighted by atomic mass is 16.6. The molecule has 0 saturated heterocycles. The van der Waals surface area contributed by atoms with E-state index in [1.54, 1.807) is 4.90 Å². The van der Waals surface area contributed by atoms with Gasteiger partial charge >= 0.3 is 5.82 Å². The number of hydrogen-bond donors (Lipinski definition) is 2. The standard InChI is InChI=1S/C7H12N4O3/c1-3-10(4-2)5-6(11(13)14)8-9-7(5)12/h3-4H2,1-2H3,(H2,8,9,12). The molecule has 0 aliphatic rings. The quantitative estimate of drug-likeness (QED) is 0.555. The fraction of sp³-hybridized carbons (Fsp3) is 0.571. The Labute approximate surface area is 80.5 Å². The molecule has 0 fully saturated rings. The monoisotopic (exact) mass is 200 g/mol. The highest BCUT2D eigenvalue weighted by Crippen LogP contribution is 2.33. The van der Waals surface area contributed by atoms with Crippen LogP contribution in [0.2, 0.25) is 0 Å². The van der Waals surface area contributed by atoms with Crippen molar-refractivity contribution < 1.29 is 10.0 Å². The molecule has 14 heavy (non-hydrogen) atoms. The largest absolute Gasteiger partial charge is 0.491 e. The van der Waals surface area contributed by atoms with Crippen molar-refractivity contribution in [2.24, 2.45) is 0 Å². The molecular weight excluding hydrogens is 188 g/mol. The van der Waals surface area contributed by atoms with E-state index in [4.69, 9.17) is 0 Å². The number of nitrogens with one attached hydrogen (secondary N) is 1. The zero-order valence-corrected chi connectivity index (χ0v) is 8.02. The average Bonchev–Trinajstić information content (AvgIpc) is 2.51. The molecule has 7 heteroatoms. The Morgan fingerprint density at radius 1 is 1.57 bits per heavy atom. The van der Waals surface area contributed by atoms with E-state index in [-0.39, 0.29) is 17.4 Å². The fourth-order valence-corrected chi connectivity index (χ4v) is 1.28. The van der Waals surface area contributed by atoms with Crippen LogP contribution in [0.4, 0.5) is 11.5 Å². The second kappa shape index (κ2) is 3.95. The molecular formula is C7H12N4O3. The molecule has 0 aliphatic heterocycles. The van der Waals surface area contributed by atoms with Crippen LogP contribution in [-0.4, -0.2) is 33.3 Å². The Balaban J connectivity index is 3.15. The first-order valence-electron chi connectivity index (χ1n) is 4.28. The van der Waals surface area contributed by atoms with E-state index in [1.165, 1.54) is 0 Å². The Morgan fingerprint density at radius 2 is 2.14 bits per heavy atom. The zero-order valence-electron chi connectivity index (χ0n) is 8.02. The van der Waals surface area contributed by atoms with Crippen molar-refractivity contribution in [1.82, 2.24) is 10.2 Å². The molecule has 0 spiro atoms. The number of nitro groups is 1. The van der Waals surface area contributed by atoms with Crippen LogP contribution in [0.3, 0.4) is 0 Å². The van der Waals surface area contributed by atoms with Crippen molar-refractivity contribution in [3.63, 3.8) is 0 Å². The molecule has 0 amide bonds. The van der Waals surface area contributed by atoms with Crippen molar-refractivity contribution in [1.29, 1.82) is 0 Å². The van der Waals surface area contributed by atoms with Crippen LogP contribution >= 0.6 is 0 Å². The molecule has 2 N–H and O–H groups in total. The van der Waals surface area contributed by atoms with Crippen LogP contribution in [0.5, 0.6) is 5.88 Å². The minimum Gasteiger partial charge on any atom is -0.491 e. The van der Waals surface area contributed by atoms with Crippen LogP contribution in [0.15, 0.2) is 0 Å². The molecule has 0 saturated carbocycles. The van der Waals surface area contributed by atoms with Crippen molar-refractivity contribution in [3.8, 4) is 5.88 Å². The van der Waals surface area contributed by atoms with Gasteiger partial charge in [0.25, 0.3) is 5.88 Å². The van der Waals surface area contributed by atoms with Gasteiger partial charge in [-0.05, 0) is 18.8 Å². The van der Waals surface area contributed by atoms with E-state index < -0.39 is 4.92 Å². The first-order valence-corrected chi connectivity index (χ1v) is 4.28. The topological polar surface area (TPSA) is 95.3 Å². The molecule has 7 nitrogen and oxygen atoms in total. The Bertz CT molecular complexity index is 332. The van der Waals surface area contributed by atoms with Crippen LogP contribution in [0, 0.1) is 10.1 Å².